The molecule has 6 nitrogen and oxygen atoms in total. The van der Waals surface area contributed by atoms with Gasteiger partial charge in [-0.05, 0) is 93.0 Å². The molecular formula is C48H66HfN6-4. The fourth-order valence-corrected chi connectivity index (χ4v) is 6.75. The van der Waals surface area contributed by atoms with E-state index >= 15 is 0 Å². The van der Waals surface area contributed by atoms with Crippen LogP contribution in [0.25, 0.3) is 32.7 Å². The molecule has 0 radical (unpaired) electrons. The van der Waals surface area contributed by atoms with E-state index in [-0.39, 0.29) is 40.7 Å². The van der Waals surface area contributed by atoms with Crippen molar-refractivity contribution in [2.24, 2.45) is 0 Å². The fraction of sp³-hybridized carbons (Fsp3) is 0.417. The van der Waals surface area contributed by atoms with Gasteiger partial charge in [0, 0.05) is 62.6 Å². The van der Waals surface area contributed by atoms with E-state index in [1.165, 1.54) is 58.7 Å². The molecular weight excluding hydrogens is 839 g/mol. The Balaban J connectivity index is 0.000000360. The Morgan fingerprint density at radius 2 is 0.818 bits per heavy atom. The maximum atomic E-state index is 5.01. The third kappa shape index (κ3) is 11.7. The molecule has 0 saturated heterocycles. The van der Waals surface area contributed by atoms with Gasteiger partial charge in [-0.15, -0.1) is 0 Å². The molecule has 6 rings (SSSR count). The van der Waals surface area contributed by atoms with Gasteiger partial charge in [0.2, 0.25) is 0 Å². The molecule has 2 aromatic carbocycles. The third-order valence-corrected chi connectivity index (χ3v) is 9.84. The summed E-state index contributed by atoms with van der Waals surface area (Å²) in [6, 6.07) is 25.7. The van der Waals surface area contributed by atoms with Crippen molar-refractivity contribution in [3.8, 4) is 0 Å². The van der Waals surface area contributed by atoms with Crippen LogP contribution in [-0.4, -0.2) is 19.1 Å². The number of hydrogen-bond donors (Lipinski definition) is 0. The molecule has 0 unspecified atom stereocenters. The smallest absolute Gasteiger partial charge is 0.0350 e. The largest absolute Gasteiger partial charge is 0.436 e. The van der Waals surface area contributed by atoms with Crippen molar-refractivity contribution < 1.29 is 25.8 Å². The molecule has 0 aliphatic heterocycles. The molecule has 6 aromatic rings. The number of rotatable bonds is 14. The van der Waals surface area contributed by atoms with E-state index in [1.54, 1.807) is 0 Å². The Kier molecular flexibility index (Phi) is 19.1. The molecule has 0 aliphatic carbocycles. The van der Waals surface area contributed by atoms with E-state index in [9.17, 15) is 0 Å². The van der Waals surface area contributed by atoms with Crippen molar-refractivity contribution in [3.63, 3.8) is 0 Å². The van der Waals surface area contributed by atoms with Crippen LogP contribution in [0.1, 0.15) is 141 Å². The van der Waals surface area contributed by atoms with Gasteiger partial charge in [-0.25, -0.2) is 0 Å². The monoisotopic (exact) mass is 906 g/mol. The molecule has 0 aliphatic rings. The minimum absolute atomic E-state index is 0. The number of aryl methyl sites for hydroxylation is 2. The van der Waals surface area contributed by atoms with Crippen LogP contribution in [0.3, 0.4) is 0 Å². The molecule has 0 amide bonds. The predicted octanol–water partition coefficient (Wildman–Crippen LogP) is 15.7. The van der Waals surface area contributed by atoms with Crippen LogP contribution in [0, 0.1) is 14.9 Å². The zero-order valence-electron chi connectivity index (χ0n) is 35.8. The third-order valence-electron chi connectivity index (χ3n) is 9.84. The summed E-state index contributed by atoms with van der Waals surface area (Å²) >= 11 is 0. The Labute approximate surface area is 352 Å². The van der Waals surface area contributed by atoms with E-state index in [0.29, 0.717) is 23.7 Å². The van der Waals surface area contributed by atoms with Gasteiger partial charge in [-0.1, -0.05) is 154 Å². The number of pyridine rings is 2. The zero-order chi connectivity index (χ0) is 37.4. The van der Waals surface area contributed by atoms with E-state index in [1.807, 2.05) is 12.1 Å². The van der Waals surface area contributed by atoms with Gasteiger partial charge in [0.15, 0.2) is 0 Å². The van der Waals surface area contributed by atoms with Gasteiger partial charge in [-0.2, -0.15) is 0 Å². The first-order chi connectivity index (χ1) is 25.0. The van der Waals surface area contributed by atoms with Crippen LogP contribution in [0.4, 0.5) is 23.0 Å². The van der Waals surface area contributed by atoms with Crippen molar-refractivity contribution >= 4 is 45.1 Å². The van der Waals surface area contributed by atoms with Crippen molar-refractivity contribution in [1.29, 1.82) is 0 Å². The summed E-state index contributed by atoms with van der Waals surface area (Å²) in [7, 11) is 0. The number of nitrogens with zero attached hydrogens (tertiary/aromatic N) is 6. The molecule has 0 saturated carbocycles. The molecule has 0 spiro atoms. The normalized spacial score (nSPS) is 11.0. The van der Waals surface area contributed by atoms with Crippen molar-refractivity contribution in [2.45, 2.75) is 132 Å². The number of fused-ring (bicyclic) bond motifs is 2. The molecule has 296 valence electrons. The molecule has 0 atom stereocenters. The predicted molar refractivity (Wildman–Crippen MR) is 237 cm³/mol. The van der Waals surface area contributed by atoms with E-state index in [4.69, 9.17) is 20.6 Å². The van der Waals surface area contributed by atoms with Gasteiger partial charge in [-0.3, -0.25) is 0 Å². The first kappa shape index (κ1) is 47.4. The average Bonchev–Trinajstić information content (AvgIpc) is 3.72. The number of benzene rings is 2. The maximum absolute atomic E-state index is 5.01. The number of para-hydroxylation sites is 2. The molecule has 7 heteroatoms. The van der Waals surface area contributed by atoms with E-state index in [2.05, 4.69) is 151 Å². The Morgan fingerprint density at radius 1 is 0.491 bits per heavy atom. The summed E-state index contributed by atoms with van der Waals surface area (Å²) in [5.41, 5.74) is 9.42. The van der Waals surface area contributed by atoms with Crippen molar-refractivity contribution in [1.82, 2.24) is 19.1 Å². The van der Waals surface area contributed by atoms with Crippen LogP contribution >= 0.6 is 0 Å². The van der Waals surface area contributed by atoms with Crippen molar-refractivity contribution in [2.75, 3.05) is 0 Å². The van der Waals surface area contributed by atoms with E-state index in [0.717, 1.165) is 47.4 Å². The zero-order valence-corrected chi connectivity index (χ0v) is 39.4. The summed E-state index contributed by atoms with van der Waals surface area (Å²) in [6.45, 7) is 24.3. The summed E-state index contributed by atoms with van der Waals surface area (Å²) in [5.74, 6) is 3.33. The average molecular weight is 906 g/mol. The summed E-state index contributed by atoms with van der Waals surface area (Å²) in [4.78, 5) is 9.76. The summed E-state index contributed by atoms with van der Waals surface area (Å²) in [6.07, 6.45) is 8.98. The minimum atomic E-state index is 0. The maximum Gasteiger partial charge on any atom is 0.0350 e. The standard InChI is InChI=1S/2C23H30N3.2CH3.Hf/c2*1-6-7-14-26-15-13-18-11-12-21(25-23(18)26)24-22-19(16(2)3)9-8-10-20(22)17(4)5;;;/h2*8-13,15-17H,6-7,14H2,1-5H3;2*1H3;/q4*-1;. The molecule has 55 heavy (non-hydrogen) atoms. The van der Waals surface area contributed by atoms with Crippen LogP contribution < -0.4 is 0 Å². The van der Waals surface area contributed by atoms with Gasteiger partial charge in [0.25, 0.3) is 0 Å². The topological polar surface area (TPSA) is 63.8 Å². The second-order valence-corrected chi connectivity index (χ2v) is 15.3. The SMILES string of the molecule is CCCCn1ccc2ccc([N-]c3c(C(C)C)cccc3C(C)C)nc21.CCCCn1ccc2ccc([N-]c3c(C(C)C)cccc3C(C)C)nc21.[CH3-].[CH3-].[Hf]. The second-order valence-electron chi connectivity index (χ2n) is 15.3. The van der Waals surface area contributed by atoms with Gasteiger partial charge in [0.1, 0.15) is 0 Å². The molecule has 0 bridgehead atoms. The Hall–Kier alpha value is -3.71. The van der Waals surface area contributed by atoms with Crippen LogP contribution in [0.5, 0.6) is 0 Å². The second kappa shape index (κ2) is 22.1. The number of unbranched alkanes of at least 4 members (excludes halogenated alkanes) is 2. The van der Waals surface area contributed by atoms with Crippen molar-refractivity contribution in [3.05, 3.63) is 133 Å². The number of aromatic nitrogens is 4. The van der Waals surface area contributed by atoms with Crippen LogP contribution in [0.2, 0.25) is 0 Å². The van der Waals surface area contributed by atoms with Crippen LogP contribution in [0.15, 0.2) is 85.2 Å². The quantitative estimate of drug-likeness (QED) is 0.0807. The van der Waals surface area contributed by atoms with Crippen LogP contribution in [-0.2, 0) is 38.9 Å². The molecule has 4 aromatic heterocycles. The van der Waals surface area contributed by atoms with E-state index < -0.39 is 0 Å². The van der Waals surface area contributed by atoms with Gasteiger partial charge in [0.05, 0.1) is 0 Å². The molecule has 4 heterocycles. The first-order valence-corrected chi connectivity index (χ1v) is 19.6. The Morgan fingerprint density at radius 3 is 1.11 bits per heavy atom. The molecule has 0 N–H and O–H groups in total. The number of hydrogen-bond acceptors (Lipinski definition) is 2. The first-order valence-electron chi connectivity index (χ1n) is 19.6. The van der Waals surface area contributed by atoms with Gasteiger partial charge >= 0.3 is 0 Å². The summed E-state index contributed by atoms with van der Waals surface area (Å²) in [5, 5.41) is 12.4. The Bertz CT molecular complexity index is 1850. The van der Waals surface area contributed by atoms with Gasteiger partial charge < -0.3 is 44.6 Å². The fourth-order valence-electron chi connectivity index (χ4n) is 6.75. The summed E-state index contributed by atoms with van der Waals surface area (Å²) < 4.78 is 4.49. The molecule has 0 fully saturated rings. The minimum Gasteiger partial charge on any atom is -0.436 e.